The van der Waals surface area contributed by atoms with Crippen molar-refractivity contribution in [3.8, 4) is 0 Å². The van der Waals surface area contributed by atoms with Gasteiger partial charge in [0, 0.05) is 20.0 Å². The first kappa shape index (κ1) is 17.2. The van der Waals surface area contributed by atoms with Gasteiger partial charge in [0.25, 0.3) is 0 Å². The highest BCUT2D eigenvalue weighted by molar-refractivity contribution is 6.01. The van der Waals surface area contributed by atoms with Gasteiger partial charge in [-0.25, -0.2) is 4.99 Å². The number of hydrogen-bond donors (Lipinski definition) is 0. The molecule has 0 saturated heterocycles. The van der Waals surface area contributed by atoms with Crippen LogP contribution in [0.4, 0.5) is 5.69 Å². The first-order valence-corrected chi connectivity index (χ1v) is 8.72. The molecule has 1 heterocycles. The molecule has 0 N–H and O–H groups in total. The maximum absolute atomic E-state index is 5.74. The lowest BCUT2D eigenvalue weighted by Crippen LogP contribution is -2.14. The molecule has 1 aliphatic heterocycles. The summed E-state index contributed by atoms with van der Waals surface area (Å²) >= 11 is 0. The smallest absolute Gasteiger partial charge is 0.158 e. The lowest BCUT2D eigenvalue weighted by Gasteiger charge is -2.15. The van der Waals surface area contributed by atoms with Crippen molar-refractivity contribution in [3.05, 3.63) is 64.7 Å². The first-order chi connectivity index (χ1) is 12.1. The minimum absolute atomic E-state index is 0.0229. The second kappa shape index (κ2) is 7.51. The average Bonchev–Trinajstić information content (AvgIpc) is 3.12. The van der Waals surface area contributed by atoms with Crippen LogP contribution >= 0.6 is 0 Å². The third-order valence-electron chi connectivity index (χ3n) is 4.60. The van der Waals surface area contributed by atoms with Gasteiger partial charge in [-0.1, -0.05) is 35.5 Å². The van der Waals surface area contributed by atoms with E-state index in [2.05, 4.69) is 60.1 Å². The second-order valence-corrected chi connectivity index (χ2v) is 6.52. The third-order valence-corrected chi connectivity index (χ3v) is 4.60. The molecule has 0 fully saturated rings. The van der Waals surface area contributed by atoms with Gasteiger partial charge in [-0.3, -0.25) is 0 Å². The SMILES string of the molecule is CCN(C)C=Nc1cc(C)c(C2CC(c3ccccc3)=NO2)cc1C. The van der Waals surface area contributed by atoms with E-state index < -0.39 is 0 Å². The molecule has 0 radical (unpaired) electrons. The average molecular weight is 335 g/mol. The van der Waals surface area contributed by atoms with E-state index in [-0.39, 0.29) is 6.10 Å². The Kier molecular flexibility index (Phi) is 5.17. The molecule has 0 amide bonds. The van der Waals surface area contributed by atoms with E-state index in [9.17, 15) is 0 Å². The molecule has 1 aliphatic rings. The van der Waals surface area contributed by atoms with Crippen molar-refractivity contribution in [2.75, 3.05) is 13.6 Å². The normalized spacial score (nSPS) is 16.8. The fraction of sp³-hybridized carbons (Fsp3) is 0.333. The summed E-state index contributed by atoms with van der Waals surface area (Å²) in [4.78, 5) is 12.4. The summed E-state index contributed by atoms with van der Waals surface area (Å²) in [7, 11) is 2.02. The van der Waals surface area contributed by atoms with Crippen molar-refractivity contribution in [1.29, 1.82) is 0 Å². The van der Waals surface area contributed by atoms with Crippen LogP contribution in [0.3, 0.4) is 0 Å². The number of benzene rings is 2. The summed E-state index contributed by atoms with van der Waals surface area (Å²) < 4.78 is 0. The summed E-state index contributed by atoms with van der Waals surface area (Å²) in [6.45, 7) is 7.25. The zero-order valence-electron chi connectivity index (χ0n) is 15.4. The van der Waals surface area contributed by atoms with E-state index in [0.29, 0.717) is 0 Å². The maximum atomic E-state index is 5.74. The van der Waals surface area contributed by atoms with Gasteiger partial charge >= 0.3 is 0 Å². The van der Waals surface area contributed by atoms with Gasteiger partial charge in [-0.15, -0.1) is 0 Å². The summed E-state index contributed by atoms with van der Waals surface area (Å²) in [6.07, 6.45) is 2.65. The quantitative estimate of drug-likeness (QED) is 0.582. The molecule has 0 bridgehead atoms. The molecule has 2 aromatic rings. The maximum Gasteiger partial charge on any atom is 0.158 e. The fourth-order valence-corrected chi connectivity index (χ4v) is 2.90. The minimum atomic E-state index is -0.0229. The minimum Gasteiger partial charge on any atom is -0.387 e. The van der Waals surface area contributed by atoms with Crippen LogP contribution in [0.5, 0.6) is 0 Å². The highest BCUT2D eigenvalue weighted by Gasteiger charge is 2.25. The van der Waals surface area contributed by atoms with Gasteiger partial charge in [0.05, 0.1) is 17.7 Å². The molecule has 3 rings (SSSR count). The fourth-order valence-electron chi connectivity index (χ4n) is 2.90. The predicted molar refractivity (Wildman–Crippen MR) is 104 cm³/mol. The highest BCUT2D eigenvalue weighted by Crippen LogP contribution is 2.34. The molecular formula is C21H25N3O. The summed E-state index contributed by atoms with van der Waals surface area (Å²) in [6, 6.07) is 14.5. The summed E-state index contributed by atoms with van der Waals surface area (Å²) in [5.41, 5.74) is 6.67. The van der Waals surface area contributed by atoms with Crippen LogP contribution in [0.25, 0.3) is 0 Å². The number of aryl methyl sites for hydroxylation is 2. The molecule has 2 aromatic carbocycles. The Hall–Kier alpha value is -2.62. The molecule has 4 nitrogen and oxygen atoms in total. The lowest BCUT2D eigenvalue weighted by atomic mass is 9.95. The number of aliphatic imine (C=N–C) groups is 1. The highest BCUT2D eigenvalue weighted by atomic mass is 16.6. The number of hydrogen-bond acceptors (Lipinski definition) is 3. The largest absolute Gasteiger partial charge is 0.387 e. The van der Waals surface area contributed by atoms with Gasteiger partial charge in [-0.2, -0.15) is 0 Å². The van der Waals surface area contributed by atoms with E-state index in [1.807, 2.05) is 31.6 Å². The van der Waals surface area contributed by atoms with Gasteiger partial charge in [0.2, 0.25) is 0 Å². The molecule has 130 valence electrons. The van der Waals surface area contributed by atoms with E-state index in [0.717, 1.165) is 35.5 Å². The Balaban J connectivity index is 1.78. The van der Waals surface area contributed by atoms with Crippen LogP contribution in [0.15, 0.2) is 52.6 Å². The molecule has 0 spiro atoms. The van der Waals surface area contributed by atoms with E-state index >= 15 is 0 Å². The van der Waals surface area contributed by atoms with E-state index in [1.165, 1.54) is 11.1 Å². The standard InChI is InChI=1S/C21H25N3O/c1-5-24(4)14-22-19-12-15(2)18(11-16(19)3)21-13-20(23-25-21)17-9-7-6-8-10-17/h6-12,14,21H,5,13H2,1-4H3. The Labute approximate surface area is 149 Å². The van der Waals surface area contributed by atoms with Crippen LogP contribution < -0.4 is 0 Å². The van der Waals surface area contributed by atoms with Crippen molar-refractivity contribution in [2.24, 2.45) is 10.1 Å². The van der Waals surface area contributed by atoms with Crippen molar-refractivity contribution in [2.45, 2.75) is 33.3 Å². The predicted octanol–water partition coefficient (Wildman–Crippen LogP) is 4.78. The molecular weight excluding hydrogens is 310 g/mol. The van der Waals surface area contributed by atoms with Crippen molar-refractivity contribution >= 4 is 17.7 Å². The van der Waals surface area contributed by atoms with E-state index in [1.54, 1.807) is 0 Å². The Morgan fingerprint density at radius 2 is 1.96 bits per heavy atom. The molecule has 1 atom stereocenters. The molecule has 0 aromatic heterocycles. The third kappa shape index (κ3) is 3.90. The topological polar surface area (TPSA) is 37.2 Å². The molecule has 0 aliphatic carbocycles. The monoisotopic (exact) mass is 335 g/mol. The van der Waals surface area contributed by atoms with Crippen LogP contribution in [-0.4, -0.2) is 30.5 Å². The van der Waals surface area contributed by atoms with Crippen molar-refractivity contribution < 1.29 is 4.84 Å². The zero-order valence-corrected chi connectivity index (χ0v) is 15.4. The van der Waals surface area contributed by atoms with Crippen LogP contribution in [-0.2, 0) is 4.84 Å². The second-order valence-electron chi connectivity index (χ2n) is 6.52. The Bertz CT molecular complexity index is 796. The van der Waals surface area contributed by atoms with Crippen LogP contribution in [0.2, 0.25) is 0 Å². The van der Waals surface area contributed by atoms with Gasteiger partial charge in [0.1, 0.15) is 0 Å². The van der Waals surface area contributed by atoms with Gasteiger partial charge < -0.3 is 9.74 Å². The van der Waals surface area contributed by atoms with Crippen molar-refractivity contribution in [1.82, 2.24) is 4.90 Å². The van der Waals surface area contributed by atoms with E-state index in [4.69, 9.17) is 4.84 Å². The molecule has 1 unspecified atom stereocenters. The number of oxime groups is 1. The van der Waals surface area contributed by atoms with Gasteiger partial charge in [-0.05, 0) is 55.2 Å². The van der Waals surface area contributed by atoms with Crippen LogP contribution in [0, 0.1) is 13.8 Å². The molecule has 4 heteroatoms. The lowest BCUT2D eigenvalue weighted by molar-refractivity contribution is 0.0852. The molecule has 0 saturated carbocycles. The Morgan fingerprint density at radius 1 is 1.20 bits per heavy atom. The molecule has 25 heavy (non-hydrogen) atoms. The Morgan fingerprint density at radius 3 is 2.68 bits per heavy atom. The summed E-state index contributed by atoms with van der Waals surface area (Å²) in [5.74, 6) is 0. The zero-order chi connectivity index (χ0) is 17.8. The number of nitrogens with zero attached hydrogens (tertiary/aromatic N) is 3. The van der Waals surface area contributed by atoms with Crippen molar-refractivity contribution in [3.63, 3.8) is 0 Å². The van der Waals surface area contributed by atoms with Gasteiger partial charge in [0.15, 0.2) is 6.10 Å². The first-order valence-electron chi connectivity index (χ1n) is 8.72. The van der Waals surface area contributed by atoms with Crippen LogP contribution in [0.1, 0.15) is 41.7 Å². The number of rotatable bonds is 5. The summed E-state index contributed by atoms with van der Waals surface area (Å²) in [5, 5.41) is 4.31.